The topological polar surface area (TPSA) is 286 Å². The van der Waals surface area contributed by atoms with Crippen molar-refractivity contribution in [1.82, 2.24) is 9.96 Å². The molecular formula is C53H74F4N4O19S. The normalized spacial score (nSPS) is 14.4. The Hall–Kier alpha value is -5.21. The zero-order valence-corrected chi connectivity index (χ0v) is 46.8. The summed E-state index contributed by atoms with van der Waals surface area (Å²) in [6, 6.07) is 5.01. The first-order chi connectivity index (χ1) is 38.8. The summed E-state index contributed by atoms with van der Waals surface area (Å²) in [5.41, 5.74) is 5.24. The van der Waals surface area contributed by atoms with Crippen LogP contribution in [0.4, 0.5) is 23.2 Å². The van der Waals surface area contributed by atoms with Gasteiger partial charge in [0.2, 0.25) is 5.91 Å². The van der Waals surface area contributed by atoms with E-state index in [1.54, 1.807) is 38.1 Å². The van der Waals surface area contributed by atoms with Gasteiger partial charge in [-0.1, -0.05) is 19.1 Å². The molecule has 2 aliphatic heterocycles. The number of halogens is 4. The molecular weight excluding hydrogens is 1100 g/mol. The number of hydroxylamine groups is 2. The molecule has 3 N–H and O–H groups in total. The number of rotatable bonds is 42. The predicted octanol–water partition coefficient (Wildman–Crippen LogP) is 3.45. The molecule has 454 valence electrons. The van der Waals surface area contributed by atoms with Crippen LogP contribution in [-0.4, -0.2) is 216 Å². The van der Waals surface area contributed by atoms with E-state index in [0.29, 0.717) is 121 Å². The minimum absolute atomic E-state index is 0.0202. The highest BCUT2D eigenvalue weighted by Gasteiger charge is 2.48. The van der Waals surface area contributed by atoms with Crippen molar-refractivity contribution in [3.8, 4) is 0 Å². The summed E-state index contributed by atoms with van der Waals surface area (Å²) in [4.78, 5) is 74.6. The molecule has 0 atom stereocenters. The number of carbonyl (C=O) groups excluding carboxylic acids is 5. The average molecular weight is 1180 g/mol. The molecule has 2 aliphatic rings. The molecule has 0 radical (unpaired) electrons. The molecule has 4 rings (SSSR count). The molecule has 1 saturated heterocycles. The van der Waals surface area contributed by atoms with Gasteiger partial charge in [0.1, 0.15) is 17.0 Å². The van der Waals surface area contributed by atoms with E-state index in [4.69, 9.17) is 62.5 Å². The fraction of sp³-hybridized carbons (Fsp3) is 0.623. The van der Waals surface area contributed by atoms with Gasteiger partial charge in [-0.2, -0.15) is 8.42 Å². The number of carbonyl (C=O) groups is 5. The Morgan fingerprint density at radius 3 is 1.49 bits per heavy atom. The highest BCUT2D eigenvalue weighted by Crippen LogP contribution is 2.36. The van der Waals surface area contributed by atoms with Crippen molar-refractivity contribution in [1.29, 1.82) is 0 Å². The van der Waals surface area contributed by atoms with E-state index < -0.39 is 73.0 Å². The lowest BCUT2D eigenvalue weighted by atomic mass is 9.72. The van der Waals surface area contributed by atoms with Gasteiger partial charge in [-0.15, -0.1) is 0 Å². The van der Waals surface area contributed by atoms with Gasteiger partial charge < -0.3 is 58.0 Å². The molecule has 2 amide bonds. The Balaban J connectivity index is 0.889. The number of likely N-dealkylation sites (tertiary alicyclic amines) is 1. The van der Waals surface area contributed by atoms with Crippen LogP contribution in [0.5, 0.6) is 0 Å². The number of Topliss-reactive ketones (excluding diaryl/α,β-unsaturated/α-hetero) is 3. The lowest BCUT2D eigenvalue weighted by Crippen LogP contribution is -2.57. The number of ketones is 3. The van der Waals surface area contributed by atoms with Gasteiger partial charge in [-0.05, 0) is 38.0 Å². The van der Waals surface area contributed by atoms with Crippen LogP contribution >= 0.6 is 0 Å². The van der Waals surface area contributed by atoms with Crippen LogP contribution in [0.1, 0.15) is 63.1 Å². The van der Waals surface area contributed by atoms with Crippen LogP contribution in [0.3, 0.4) is 0 Å². The van der Waals surface area contributed by atoms with E-state index in [1.165, 1.54) is 9.96 Å². The molecule has 81 heavy (non-hydrogen) atoms. The fourth-order valence-electron chi connectivity index (χ4n) is 7.86. The van der Waals surface area contributed by atoms with E-state index in [2.05, 4.69) is 4.99 Å². The molecule has 2 aromatic rings. The molecule has 28 heteroatoms. The number of nitrogens with two attached hydrogens (primary N) is 1. The van der Waals surface area contributed by atoms with Gasteiger partial charge in [0.05, 0.1) is 164 Å². The van der Waals surface area contributed by atoms with Crippen molar-refractivity contribution >= 4 is 56.9 Å². The van der Waals surface area contributed by atoms with Crippen LogP contribution in [0.15, 0.2) is 33.7 Å². The number of amides is 2. The van der Waals surface area contributed by atoms with E-state index in [9.17, 15) is 50.0 Å². The number of hydrogen-bond donors (Lipinski definition) is 2. The Labute approximate surface area is 468 Å². The lowest BCUT2D eigenvalue weighted by molar-refractivity contribution is -0.180. The summed E-state index contributed by atoms with van der Waals surface area (Å²) in [7, 11) is -5.60. The van der Waals surface area contributed by atoms with Crippen molar-refractivity contribution < 1.29 is 107 Å². The van der Waals surface area contributed by atoms with Crippen molar-refractivity contribution in [2.45, 2.75) is 63.2 Å². The summed E-state index contributed by atoms with van der Waals surface area (Å²) >= 11 is 0. The maximum atomic E-state index is 14.1. The van der Waals surface area contributed by atoms with E-state index in [-0.39, 0.29) is 103 Å². The fourth-order valence-corrected chi connectivity index (χ4v) is 8.50. The first-order valence-electron chi connectivity index (χ1n) is 26.4. The third-order valence-corrected chi connectivity index (χ3v) is 13.1. The largest absolute Gasteiger partial charge is 0.387 e. The van der Waals surface area contributed by atoms with Crippen LogP contribution in [-0.2, 0) is 98.1 Å². The highest BCUT2D eigenvalue weighted by atomic mass is 32.2. The number of fused-ring (bicyclic) bond motifs is 1. The summed E-state index contributed by atoms with van der Waals surface area (Å²) in [5.74, 6) is -11.1. The number of aliphatic imine (C=N–C) groups is 1. The average Bonchev–Trinajstić information content (AvgIpc) is 3.68. The van der Waals surface area contributed by atoms with Crippen LogP contribution in [0, 0.1) is 23.3 Å². The molecule has 1 fully saturated rings. The lowest BCUT2D eigenvalue weighted by Gasteiger charge is -2.37. The van der Waals surface area contributed by atoms with E-state index in [1.807, 2.05) is 6.92 Å². The van der Waals surface area contributed by atoms with E-state index in [0.717, 1.165) is 0 Å². The second kappa shape index (κ2) is 36.4. The zero-order valence-electron chi connectivity index (χ0n) is 46.0. The molecule has 0 spiro atoms. The quantitative estimate of drug-likeness (QED) is 0.0240. The highest BCUT2D eigenvalue weighted by molar-refractivity contribution is 7.85. The molecule has 0 aliphatic carbocycles. The zero-order chi connectivity index (χ0) is 59.2. The predicted molar refractivity (Wildman–Crippen MR) is 280 cm³/mol. The van der Waals surface area contributed by atoms with Gasteiger partial charge in [0.15, 0.2) is 39.7 Å². The van der Waals surface area contributed by atoms with Gasteiger partial charge in [0.25, 0.3) is 5.91 Å². The van der Waals surface area contributed by atoms with Crippen molar-refractivity contribution in [2.75, 3.05) is 158 Å². The smallest absolute Gasteiger partial charge is 0.300 e. The molecule has 2 aromatic carbocycles. The van der Waals surface area contributed by atoms with Crippen molar-refractivity contribution in [3.63, 3.8) is 0 Å². The maximum absolute atomic E-state index is 14.1. The molecule has 2 heterocycles. The Morgan fingerprint density at radius 2 is 1.09 bits per heavy atom. The van der Waals surface area contributed by atoms with Crippen LogP contribution in [0.2, 0.25) is 0 Å². The summed E-state index contributed by atoms with van der Waals surface area (Å²) in [6.45, 7) is 10.9. The molecule has 0 unspecified atom stereocenters. The summed E-state index contributed by atoms with van der Waals surface area (Å²) in [5, 5.41) is 1.31. The van der Waals surface area contributed by atoms with Gasteiger partial charge >= 0.3 is 10.1 Å². The number of piperidine rings is 1. The third-order valence-electron chi connectivity index (χ3n) is 12.2. The minimum atomic E-state index is -5.60. The minimum Gasteiger partial charge on any atom is -0.387 e. The van der Waals surface area contributed by atoms with Gasteiger partial charge in [-0.3, -0.25) is 33.4 Å². The number of nitrogens with zero attached hydrogens (tertiary/aromatic N) is 3. The Kier molecular flexibility index (Phi) is 30.7. The van der Waals surface area contributed by atoms with E-state index >= 15 is 0 Å². The first-order valence-corrected chi connectivity index (χ1v) is 27.9. The third kappa shape index (κ3) is 22.5. The van der Waals surface area contributed by atoms with Crippen molar-refractivity contribution in [2.24, 2.45) is 10.7 Å². The number of hydrogen-bond acceptors (Lipinski definition) is 20. The maximum Gasteiger partial charge on any atom is 0.300 e. The SMILES string of the molecule is CCCN(OCC)C(=O)C1=Cc2ccc(C3(C)C(=O)CN(C(=O)CCOCCOCCOCCOCCOCCOCCOCCOCCOCCOCCC(=O)Cc4c(F)c(F)c(S(=O)(=O)O)c(F)c4F)CC3=O)cc2N=C(N)C1. The standard InChI is InChI=1S/C53H74F4N4O19S/c1-4-10-61(80-5-2)52(66)38-31-37-6-7-39(33-42(37)59-45(58)32-38)53(3)43(63)35-60(36-44(53)64)46(65)9-12-71-14-16-73-18-20-75-22-24-77-26-28-79-30-29-78-27-25-76-23-21-74-19-17-72-15-13-70-11-8-40(62)34-41-47(54)49(56)51(81(67,68)69)50(57)48(41)55/h6-7,31,33H,4-5,8-30,32,34-36H2,1-3H3,(H2,58,59)(H,67,68,69). The van der Waals surface area contributed by atoms with Crippen LogP contribution < -0.4 is 5.73 Å². The number of amidine groups is 1. The van der Waals surface area contributed by atoms with Crippen LogP contribution in [0.25, 0.3) is 6.08 Å². The summed E-state index contributed by atoms with van der Waals surface area (Å²) in [6.07, 6.45) is 1.04. The number of ether oxygens (including phenoxy) is 10. The molecule has 0 bridgehead atoms. The molecule has 0 aromatic heterocycles. The van der Waals surface area contributed by atoms with Gasteiger partial charge in [0, 0.05) is 42.5 Å². The monoisotopic (exact) mass is 1180 g/mol. The summed E-state index contributed by atoms with van der Waals surface area (Å²) < 4.78 is 141. The Morgan fingerprint density at radius 1 is 0.667 bits per heavy atom. The second-order valence-corrected chi connectivity index (χ2v) is 19.5. The first kappa shape index (κ1) is 68.3. The molecule has 0 saturated carbocycles. The second-order valence-electron chi connectivity index (χ2n) is 18.1. The van der Waals surface area contributed by atoms with Crippen molar-refractivity contribution in [3.05, 3.63) is 63.7 Å². The molecule has 23 nitrogen and oxygen atoms in total. The van der Waals surface area contributed by atoms with Gasteiger partial charge in [-0.25, -0.2) is 27.6 Å². The Bertz CT molecular complexity index is 2500. The number of benzene rings is 2.